The summed E-state index contributed by atoms with van der Waals surface area (Å²) in [6, 6.07) is 17.0. The summed E-state index contributed by atoms with van der Waals surface area (Å²) < 4.78 is 24.9. The second kappa shape index (κ2) is 9.94. The Morgan fingerprint density at radius 3 is 2.51 bits per heavy atom. The molecule has 8 nitrogen and oxygen atoms in total. The van der Waals surface area contributed by atoms with Gasteiger partial charge in [-0.2, -0.15) is 0 Å². The van der Waals surface area contributed by atoms with Crippen molar-refractivity contribution in [3.8, 4) is 17.4 Å². The number of likely N-dealkylation sites (N-methyl/N-ethyl adjacent to an activating group) is 1. The molecule has 190 valence electrons. The first-order valence-corrected chi connectivity index (χ1v) is 11.8. The van der Waals surface area contributed by atoms with Crippen LogP contribution in [0.15, 0.2) is 65.7 Å². The number of halogens is 1. The lowest BCUT2D eigenvalue weighted by Crippen LogP contribution is -2.35. The second-order valence-electron chi connectivity index (χ2n) is 9.06. The fourth-order valence-electron chi connectivity index (χ4n) is 4.31. The molecule has 0 saturated heterocycles. The van der Waals surface area contributed by atoms with Crippen molar-refractivity contribution in [2.75, 3.05) is 38.9 Å². The Bertz CT molecular complexity index is 1490. The lowest BCUT2D eigenvalue weighted by molar-refractivity contribution is -0.116. The third-order valence-corrected chi connectivity index (χ3v) is 6.18. The summed E-state index contributed by atoms with van der Waals surface area (Å²) in [6.07, 6.45) is 0. The number of benzene rings is 3. The fourth-order valence-corrected chi connectivity index (χ4v) is 4.31. The van der Waals surface area contributed by atoms with Crippen molar-refractivity contribution in [3.63, 3.8) is 0 Å². The number of carbonyl (C=O) groups is 1. The number of amides is 1. The Hall–Kier alpha value is -4.37. The Kier molecular flexibility index (Phi) is 6.54. The van der Waals surface area contributed by atoms with E-state index in [9.17, 15) is 14.3 Å². The number of nitrogens with one attached hydrogen (secondary N) is 1. The SMILES string of the molecule is CC(=O)N(CCN(C)C)c1ccc(N=C(c2ccc3c(c2)OCO3)c2c(O)[nH]c3cc(F)ccc23)cc1. The van der Waals surface area contributed by atoms with Crippen LogP contribution in [0.3, 0.4) is 0 Å². The number of hydrogen-bond acceptors (Lipinski definition) is 6. The molecule has 3 aromatic carbocycles. The van der Waals surface area contributed by atoms with Gasteiger partial charge in [0.1, 0.15) is 5.82 Å². The summed E-state index contributed by atoms with van der Waals surface area (Å²) in [6.45, 7) is 2.97. The summed E-state index contributed by atoms with van der Waals surface area (Å²) in [4.78, 5) is 23.7. The van der Waals surface area contributed by atoms with E-state index in [2.05, 4.69) is 4.98 Å². The lowest BCUT2D eigenvalue weighted by atomic mass is 10.00. The van der Waals surface area contributed by atoms with Crippen molar-refractivity contribution in [2.24, 2.45) is 4.99 Å². The van der Waals surface area contributed by atoms with Crippen molar-refractivity contribution in [1.82, 2.24) is 9.88 Å². The van der Waals surface area contributed by atoms with Crippen molar-refractivity contribution >= 4 is 33.9 Å². The van der Waals surface area contributed by atoms with E-state index in [1.54, 1.807) is 30.0 Å². The van der Waals surface area contributed by atoms with Crippen LogP contribution in [0.1, 0.15) is 18.1 Å². The summed E-state index contributed by atoms with van der Waals surface area (Å²) in [5, 5.41) is 11.5. The highest BCUT2D eigenvalue weighted by Crippen LogP contribution is 2.37. The van der Waals surface area contributed by atoms with E-state index in [0.717, 1.165) is 12.2 Å². The van der Waals surface area contributed by atoms with E-state index in [-0.39, 0.29) is 18.6 Å². The smallest absolute Gasteiger partial charge is 0.231 e. The van der Waals surface area contributed by atoms with Crippen LogP contribution in [-0.4, -0.2) is 60.6 Å². The molecule has 37 heavy (non-hydrogen) atoms. The van der Waals surface area contributed by atoms with E-state index < -0.39 is 5.82 Å². The zero-order chi connectivity index (χ0) is 26.1. The third kappa shape index (κ3) is 4.99. The number of aromatic nitrogens is 1. The molecule has 2 heterocycles. The topological polar surface area (TPSA) is 90.4 Å². The van der Waals surface area contributed by atoms with Crippen LogP contribution in [0, 0.1) is 5.82 Å². The van der Waals surface area contributed by atoms with Gasteiger partial charge in [-0.05, 0) is 74.8 Å². The number of aromatic hydroxyl groups is 1. The predicted octanol–water partition coefficient (Wildman–Crippen LogP) is 4.82. The number of aromatic amines is 1. The van der Waals surface area contributed by atoms with Crippen LogP contribution < -0.4 is 14.4 Å². The molecular formula is C28H27FN4O4. The third-order valence-electron chi connectivity index (χ3n) is 6.18. The number of aliphatic imine (C=N–C) groups is 1. The molecule has 9 heteroatoms. The fraction of sp³-hybridized carbons (Fsp3) is 0.214. The zero-order valence-corrected chi connectivity index (χ0v) is 20.8. The van der Waals surface area contributed by atoms with Crippen LogP contribution >= 0.6 is 0 Å². The van der Waals surface area contributed by atoms with Gasteiger partial charge in [0.2, 0.25) is 12.7 Å². The summed E-state index contributed by atoms with van der Waals surface area (Å²) in [7, 11) is 3.92. The van der Waals surface area contributed by atoms with Gasteiger partial charge < -0.3 is 29.4 Å². The molecule has 1 aromatic heterocycles. The largest absolute Gasteiger partial charge is 0.494 e. The minimum atomic E-state index is -0.415. The highest BCUT2D eigenvalue weighted by molar-refractivity contribution is 6.22. The molecule has 5 rings (SSSR count). The second-order valence-corrected chi connectivity index (χ2v) is 9.06. The maximum atomic E-state index is 13.9. The number of H-pyrrole nitrogens is 1. The molecule has 0 saturated carbocycles. The summed E-state index contributed by atoms with van der Waals surface area (Å²) in [5.41, 5.74) is 3.43. The quantitative estimate of drug-likeness (QED) is 0.354. The van der Waals surface area contributed by atoms with Gasteiger partial charge in [-0.1, -0.05) is 0 Å². The molecule has 1 aliphatic heterocycles. The Morgan fingerprint density at radius 1 is 1.03 bits per heavy atom. The molecule has 1 amide bonds. The molecule has 0 fully saturated rings. The molecule has 0 unspecified atom stereocenters. The standard InChI is InChI=1S/C28H27FN4O4/c1-17(34)33(13-12-32(2)3)21-8-6-20(7-9-21)30-27(18-4-11-24-25(14-18)37-16-36-24)26-22-10-5-19(29)15-23(22)31-28(26)35/h4-11,14-15,31,35H,12-13,16H2,1-3H3. The average Bonchev–Trinajstić information content (AvgIpc) is 3.45. The molecule has 2 N–H and O–H groups in total. The first-order chi connectivity index (χ1) is 17.8. The number of fused-ring (bicyclic) bond motifs is 2. The van der Waals surface area contributed by atoms with Crippen molar-refractivity contribution < 1.29 is 23.8 Å². The van der Waals surface area contributed by atoms with E-state index in [0.29, 0.717) is 51.5 Å². The highest BCUT2D eigenvalue weighted by Gasteiger charge is 2.22. The molecule has 0 aliphatic carbocycles. The van der Waals surface area contributed by atoms with Gasteiger partial charge in [-0.25, -0.2) is 9.38 Å². The number of nitrogens with zero attached hydrogens (tertiary/aromatic N) is 3. The van der Waals surface area contributed by atoms with Gasteiger partial charge in [0, 0.05) is 36.7 Å². The van der Waals surface area contributed by atoms with Crippen LogP contribution in [0.5, 0.6) is 17.4 Å². The number of anilines is 1. The molecular weight excluding hydrogens is 475 g/mol. The monoisotopic (exact) mass is 502 g/mol. The van der Waals surface area contributed by atoms with E-state index >= 15 is 0 Å². The molecule has 0 spiro atoms. The van der Waals surface area contributed by atoms with Crippen molar-refractivity contribution in [1.29, 1.82) is 0 Å². The van der Waals surface area contributed by atoms with Gasteiger partial charge >= 0.3 is 0 Å². The van der Waals surface area contributed by atoms with Gasteiger partial charge in [0.05, 0.1) is 22.5 Å². The van der Waals surface area contributed by atoms with Crippen LogP contribution in [0.4, 0.5) is 15.8 Å². The maximum absolute atomic E-state index is 13.9. The van der Waals surface area contributed by atoms with Crippen molar-refractivity contribution in [2.45, 2.75) is 6.92 Å². The molecule has 0 radical (unpaired) electrons. The number of ether oxygens (including phenoxy) is 2. The number of carbonyl (C=O) groups excluding carboxylic acids is 1. The predicted molar refractivity (Wildman–Crippen MR) is 141 cm³/mol. The van der Waals surface area contributed by atoms with E-state index in [1.165, 1.54) is 12.1 Å². The minimum Gasteiger partial charge on any atom is -0.494 e. The molecule has 4 aromatic rings. The highest BCUT2D eigenvalue weighted by atomic mass is 19.1. The summed E-state index contributed by atoms with van der Waals surface area (Å²) in [5.74, 6) is 0.612. The van der Waals surface area contributed by atoms with Gasteiger partial charge in [0.15, 0.2) is 17.4 Å². The van der Waals surface area contributed by atoms with E-state index in [4.69, 9.17) is 14.5 Å². The van der Waals surface area contributed by atoms with Crippen LogP contribution in [0.25, 0.3) is 10.9 Å². The molecule has 0 atom stereocenters. The average molecular weight is 503 g/mol. The van der Waals surface area contributed by atoms with Crippen LogP contribution in [-0.2, 0) is 4.79 Å². The first kappa shape index (κ1) is 24.3. The number of rotatable bonds is 7. The Balaban J connectivity index is 1.59. The van der Waals surface area contributed by atoms with Crippen molar-refractivity contribution in [3.05, 3.63) is 77.6 Å². The van der Waals surface area contributed by atoms with E-state index in [1.807, 2.05) is 49.3 Å². The molecule has 0 bridgehead atoms. The normalized spacial score (nSPS) is 12.9. The van der Waals surface area contributed by atoms with Gasteiger partial charge in [-0.3, -0.25) is 4.79 Å². The van der Waals surface area contributed by atoms with Gasteiger partial charge in [0.25, 0.3) is 0 Å². The summed E-state index contributed by atoms with van der Waals surface area (Å²) >= 11 is 0. The lowest BCUT2D eigenvalue weighted by Gasteiger charge is -2.23. The zero-order valence-electron chi connectivity index (χ0n) is 20.8. The number of hydrogen-bond donors (Lipinski definition) is 2. The van der Waals surface area contributed by atoms with Gasteiger partial charge in [-0.15, -0.1) is 0 Å². The Morgan fingerprint density at radius 2 is 1.78 bits per heavy atom. The Labute approximate surface area is 213 Å². The van der Waals surface area contributed by atoms with Crippen LogP contribution in [0.2, 0.25) is 0 Å². The minimum absolute atomic E-state index is 0.0462. The maximum Gasteiger partial charge on any atom is 0.231 e. The first-order valence-electron chi connectivity index (χ1n) is 11.8. The molecule has 1 aliphatic rings.